The van der Waals surface area contributed by atoms with Gasteiger partial charge in [0.05, 0.1) is 16.6 Å². The van der Waals surface area contributed by atoms with Crippen LogP contribution in [0.25, 0.3) is 22.3 Å². The highest BCUT2D eigenvalue weighted by molar-refractivity contribution is 5.97. The second kappa shape index (κ2) is 6.27. The van der Waals surface area contributed by atoms with Crippen molar-refractivity contribution >= 4 is 16.9 Å². The van der Waals surface area contributed by atoms with Crippen LogP contribution in [0.1, 0.15) is 5.56 Å². The van der Waals surface area contributed by atoms with Crippen molar-refractivity contribution in [2.24, 2.45) is 0 Å². The summed E-state index contributed by atoms with van der Waals surface area (Å²) in [6.07, 6.45) is 0.0518. The minimum Gasteiger partial charge on any atom is -0.457 e. The SMILES string of the molecule is Nc1cc(-c2c[nH]c3nccc(Oc4cccc(C(F)(F)F)c4)c23)ncn1. The number of benzene rings is 1. The zero-order valence-electron chi connectivity index (χ0n) is 13.7. The molecule has 0 saturated heterocycles. The lowest BCUT2D eigenvalue weighted by Crippen LogP contribution is -2.04. The molecule has 0 spiro atoms. The third-order valence-electron chi connectivity index (χ3n) is 3.89. The molecule has 27 heavy (non-hydrogen) atoms. The Morgan fingerprint density at radius 1 is 1.04 bits per heavy atom. The maximum Gasteiger partial charge on any atom is 0.416 e. The van der Waals surface area contributed by atoms with Crippen LogP contribution in [0.5, 0.6) is 11.5 Å². The lowest BCUT2D eigenvalue weighted by atomic mass is 10.1. The molecule has 0 aliphatic carbocycles. The van der Waals surface area contributed by atoms with Crippen LogP contribution in [-0.4, -0.2) is 19.9 Å². The van der Waals surface area contributed by atoms with Crippen molar-refractivity contribution in [2.45, 2.75) is 6.18 Å². The number of fused-ring (bicyclic) bond motifs is 1. The Morgan fingerprint density at radius 3 is 2.67 bits per heavy atom. The van der Waals surface area contributed by atoms with Gasteiger partial charge in [-0.15, -0.1) is 0 Å². The van der Waals surface area contributed by atoms with Crippen molar-refractivity contribution < 1.29 is 17.9 Å². The fraction of sp³-hybridized carbons (Fsp3) is 0.0556. The summed E-state index contributed by atoms with van der Waals surface area (Å²) in [5, 5.41) is 0.577. The Labute approximate surface area is 150 Å². The number of anilines is 1. The molecule has 136 valence electrons. The van der Waals surface area contributed by atoms with Crippen molar-refractivity contribution in [2.75, 3.05) is 5.73 Å². The van der Waals surface area contributed by atoms with E-state index in [2.05, 4.69) is 19.9 Å². The molecule has 6 nitrogen and oxygen atoms in total. The molecule has 1 aromatic carbocycles. The summed E-state index contributed by atoms with van der Waals surface area (Å²) in [5.74, 6) is 0.693. The molecule has 0 aliphatic heterocycles. The van der Waals surface area contributed by atoms with Crippen LogP contribution in [0.2, 0.25) is 0 Å². The normalized spacial score (nSPS) is 11.7. The zero-order valence-corrected chi connectivity index (χ0v) is 13.7. The second-order valence-corrected chi connectivity index (χ2v) is 5.69. The minimum atomic E-state index is -4.45. The summed E-state index contributed by atoms with van der Waals surface area (Å²) in [5.41, 5.74) is 6.62. The van der Waals surface area contributed by atoms with Gasteiger partial charge in [0.1, 0.15) is 29.3 Å². The van der Waals surface area contributed by atoms with Gasteiger partial charge in [-0.25, -0.2) is 15.0 Å². The maximum absolute atomic E-state index is 12.9. The monoisotopic (exact) mass is 371 g/mol. The number of hydrogen-bond acceptors (Lipinski definition) is 5. The molecule has 0 saturated carbocycles. The Morgan fingerprint density at radius 2 is 1.89 bits per heavy atom. The van der Waals surface area contributed by atoms with Gasteiger partial charge in [0.25, 0.3) is 0 Å². The van der Waals surface area contributed by atoms with Crippen LogP contribution in [0.4, 0.5) is 19.0 Å². The van der Waals surface area contributed by atoms with Crippen LogP contribution < -0.4 is 10.5 Å². The van der Waals surface area contributed by atoms with E-state index in [1.165, 1.54) is 24.7 Å². The topological polar surface area (TPSA) is 89.7 Å². The number of aromatic nitrogens is 4. The highest BCUT2D eigenvalue weighted by atomic mass is 19.4. The van der Waals surface area contributed by atoms with Gasteiger partial charge >= 0.3 is 6.18 Å². The summed E-state index contributed by atoms with van der Waals surface area (Å²) in [6, 6.07) is 7.84. The van der Waals surface area contributed by atoms with Crippen molar-refractivity contribution in [3.8, 4) is 22.8 Å². The lowest BCUT2D eigenvalue weighted by Gasteiger charge is -2.11. The van der Waals surface area contributed by atoms with Crippen molar-refractivity contribution in [3.05, 3.63) is 60.7 Å². The quantitative estimate of drug-likeness (QED) is 0.557. The molecular formula is C18H12F3N5O. The van der Waals surface area contributed by atoms with Gasteiger partial charge in [-0.3, -0.25) is 0 Å². The molecule has 0 radical (unpaired) electrons. The summed E-state index contributed by atoms with van der Waals surface area (Å²) in [6.45, 7) is 0. The van der Waals surface area contributed by atoms with Gasteiger partial charge in [-0.1, -0.05) is 6.07 Å². The molecule has 0 amide bonds. The largest absolute Gasteiger partial charge is 0.457 e. The van der Waals surface area contributed by atoms with Crippen LogP contribution in [-0.2, 0) is 6.18 Å². The third-order valence-corrected chi connectivity index (χ3v) is 3.89. The molecule has 0 atom stereocenters. The van der Waals surface area contributed by atoms with Crippen LogP contribution in [0.3, 0.4) is 0 Å². The van der Waals surface area contributed by atoms with Gasteiger partial charge in [0.15, 0.2) is 0 Å². The third kappa shape index (κ3) is 3.26. The fourth-order valence-corrected chi connectivity index (χ4v) is 2.70. The minimum absolute atomic E-state index is 0.0617. The highest BCUT2D eigenvalue weighted by Gasteiger charge is 2.30. The number of aromatic amines is 1. The van der Waals surface area contributed by atoms with Gasteiger partial charge in [-0.05, 0) is 24.3 Å². The van der Waals surface area contributed by atoms with E-state index < -0.39 is 11.7 Å². The number of nitrogen functional groups attached to an aromatic ring is 1. The van der Waals surface area contributed by atoms with Crippen molar-refractivity contribution in [3.63, 3.8) is 0 Å². The van der Waals surface area contributed by atoms with E-state index in [0.29, 0.717) is 33.9 Å². The molecule has 4 aromatic rings. The Balaban J connectivity index is 1.80. The summed E-state index contributed by atoms with van der Waals surface area (Å²) in [7, 11) is 0. The Bertz CT molecular complexity index is 1120. The number of ether oxygens (including phenoxy) is 1. The van der Waals surface area contributed by atoms with Crippen LogP contribution >= 0.6 is 0 Å². The van der Waals surface area contributed by atoms with Crippen molar-refractivity contribution in [1.29, 1.82) is 0 Å². The van der Waals surface area contributed by atoms with Gasteiger partial charge < -0.3 is 15.5 Å². The zero-order chi connectivity index (χ0) is 19.0. The molecule has 0 fully saturated rings. The Kier molecular flexibility index (Phi) is 3.91. The van der Waals surface area contributed by atoms with Crippen LogP contribution in [0, 0.1) is 0 Å². The second-order valence-electron chi connectivity index (χ2n) is 5.69. The highest BCUT2D eigenvalue weighted by Crippen LogP contribution is 2.37. The predicted octanol–water partition coefficient (Wildman–Crippen LogP) is 4.41. The van der Waals surface area contributed by atoms with Crippen LogP contribution in [0.15, 0.2) is 55.1 Å². The number of alkyl halides is 3. The van der Waals surface area contributed by atoms with E-state index in [1.807, 2.05) is 0 Å². The van der Waals surface area contributed by atoms with E-state index in [-0.39, 0.29) is 5.75 Å². The molecule has 3 N–H and O–H groups in total. The maximum atomic E-state index is 12.9. The number of nitrogens with zero attached hydrogens (tertiary/aromatic N) is 3. The smallest absolute Gasteiger partial charge is 0.416 e. The van der Waals surface area contributed by atoms with E-state index in [1.54, 1.807) is 18.3 Å². The summed E-state index contributed by atoms with van der Waals surface area (Å²) >= 11 is 0. The van der Waals surface area contributed by atoms with E-state index in [0.717, 1.165) is 12.1 Å². The lowest BCUT2D eigenvalue weighted by molar-refractivity contribution is -0.137. The first-order valence-corrected chi connectivity index (χ1v) is 7.81. The number of rotatable bonds is 3. The van der Waals surface area contributed by atoms with E-state index in [4.69, 9.17) is 10.5 Å². The number of nitrogens with one attached hydrogen (secondary N) is 1. The first-order valence-electron chi connectivity index (χ1n) is 7.81. The number of pyridine rings is 1. The number of halogens is 3. The average molecular weight is 371 g/mol. The van der Waals surface area contributed by atoms with Gasteiger partial charge in [0.2, 0.25) is 0 Å². The van der Waals surface area contributed by atoms with Gasteiger partial charge in [-0.2, -0.15) is 13.2 Å². The molecule has 3 aromatic heterocycles. The summed E-state index contributed by atoms with van der Waals surface area (Å²) in [4.78, 5) is 15.3. The standard InChI is InChI=1S/C18H12F3N5O/c19-18(20,21)10-2-1-3-11(6-10)27-14-4-5-23-17-16(14)12(8-24-17)13-7-15(22)26-9-25-13/h1-9H,(H,23,24)(H2,22,25,26). The van der Waals surface area contributed by atoms with Gasteiger partial charge in [0, 0.05) is 24.0 Å². The summed E-state index contributed by atoms with van der Waals surface area (Å²) < 4.78 is 44.6. The fourth-order valence-electron chi connectivity index (χ4n) is 2.70. The molecular weight excluding hydrogens is 359 g/mol. The first kappa shape index (κ1) is 16.8. The average Bonchev–Trinajstić information content (AvgIpc) is 3.06. The molecule has 9 heteroatoms. The van der Waals surface area contributed by atoms with E-state index >= 15 is 0 Å². The molecule has 0 bridgehead atoms. The number of H-pyrrole nitrogens is 1. The number of nitrogens with two attached hydrogens (primary N) is 1. The first-order chi connectivity index (χ1) is 12.9. The Hall–Kier alpha value is -3.62. The molecule has 0 aliphatic rings. The van der Waals surface area contributed by atoms with Crippen molar-refractivity contribution in [1.82, 2.24) is 19.9 Å². The predicted molar refractivity (Wildman–Crippen MR) is 93.1 cm³/mol. The molecule has 0 unspecified atom stereocenters. The number of hydrogen-bond donors (Lipinski definition) is 2. The van der Waals surface area contributed by atoms with E-state index in [9.17, 15) is 13.2 Å². The molecule has 3 heterocycles. The molecule has 4 rings (SSSR count).